The van der Waals surface area contributed by atoms with Crippen molar-refractivity contribution in [3.8, 4) is 0 Å². The van der Waals surface area contributed by atoms with Crippen molar-refractivity contribution >= 4 is 17.8 Å². The lowest BCUT2D eigenvalue weighted by atomic mass is 9.77. The summed E-state index contributed by atoms with van der Waals surface area (Å²) in [5, 5.41) is 3.71. The van der Waals surface area contributed by atoms with Gasteiger partial charge in [0, 0.05) is 33.7 Å². The van der Waals surface area contributed by atoms with Crippen molar-refractivity contribution in [1.82, 2.24) is 15.0 Å². The first-order chi connectivity index (χ1) is 16.4. The summed E-state index contributed by atoms with van der Waals surface area (Å²) in [4.78, 5) is 20.3. The monoisotopic (exact) mass is 501 g/mol. The first-order valence-electron chi connectivity index (χ1n) is 14.3. The molecule has 36 heavy (non-hydrogen) atoms. The molecule has 2 aliphatic rings. The van der Waals surface area contributed by atoms with Crippen LogP contribution in [0.4, 0.5) is 17.8 Å². The van der Waals surface area contributed by atoms with E-state index in [1.54, 1.807) is 0 Å². The number of anilines is 3. The van der Waals surface area contributed by atoms with Crippen molar-refractivity contribution in [2.75, 3.05) is 15.1 Å². The number of unbranched alkanes of at least 4 members (excludes halogenated alkanes) is 2. The van der Waals surface area contributed by atoms with Crippen molar-refractivity contribution in [3.63, 3.8) is 0 Å². The number of piperidine rings is 2. The van der Waals surface area contributed by atoms with E-state index in [9.17, 15) is 0 Å². The van der Waals surface area contributed by atoms with E-state index >= 15 is 0 Å². The average molecular weight is 502 g/mol. The Morgan fingerprint density at radius 3 is 1.75 bits per heavy atom. The summed E-state index contributed by atoms with van der Waals surface area (Å²) in [5.74, 6) is 2.21. The molecule has 7 heteroatoms. The van der Waals surface area contributed by atoms with Gasteiger partial charge in [-0.3, -0.25) is 0 Å². The molecule has 0 aliphatic carbocycles. The Morgan fingerprint density at radius 2 is 1.28 bits per heavy atom. The van der Waals surface area contributed by atoms with Crippen LogP contribution in [0.1, 0.15) is 134 Å². The summed E-state index contributed by atoms with van der Waals surface area (Å²) in [5.41, 5.74) is 6.00. The smallest absolute Gasteiger partial charge is 0.232 e. The third kappa shape index (κ3) is 6.25. The van der Waals surface area contributed by atoms with E-state index in [-0.39, 0.29) is 33.7 Å². The molecule has 3 N–H and O–H groups in total. The van der Waals surface area contributed by atoms with Gasteiger partial charge in [-0.2, -0.15) is 15.0 Å². The van der Waals surface area contributed by atoms with E-state index < -0.39 is 0 Å². The molecule has 2 saturated heterocycles. The first kappa shape index (κ1) is 28.9. The second kappa shape index (κ2) is 9.92. The molecule has 1 aromatic rings. The van der Waals surface area contributed by atoms with E-state index in [0.29, 0.717) is 5.95 Å². The van der Waals surface area contributed by atoms with Gasteiger partial charge in [-0.05, 0) is 108 Å². The normalized spacial score (nSPS) is 23.6. The molecule has 2 aliphatic heterocycles. The molecule has 2 fully saturated rings. The van der Waals surface area contributed by atoms with E-state index in [1.165, 1.54) is 25.7 Å². The molecule has 0 saturated carbocycles. The summed E-state index contributed by atoms with van der Waals surface area (Å²) in [6.45, 7) is 25.2. The van der Waals surface area contributed by atoms with Gasteiger partial charge in [-0.25, -0.2) is 0 Å². The summed E-state index contributed by atoms with van der Waals surface area (Å²) in [6.07, 6.45) is 10.0. The summed E-state index contributed by atoms with van der Waals surface area (Å²) >= 11 is 0. The van der Waals surface area contributed by atoms with Crippen molar-refractivity contribution < 1.29 is 0 Å². The zero-order valence-corrected chi connectivity index (χ0v) is 25.3. The summed E-state index contributed by atoms with van der Waals surface area (Å²) < 4.78 is 0. The van der Waals surface area contributed by atoms with Crippen molar-refractivity contribution in [2.45, 2.75) is 168 Å². The third-order valence-electron chi connectivity index (χ3n) is 8.39. The SMILES string of the molecule is CCCCCC(C)(C)Nc1nc(N2C(C)(C)CCCC2(C)C)nc(N2C(C)(C)CC(N)CC2(C)C)n1. The van der Waals surface area contributed by atoms with Crippen LogP contribution < -0.4 is 20.9 Å². The lowest BCUT2D eigenvalue weighted by Gasteiger charge is -2.55. The van der Waals surface area contributed by atoms with Gasteiger partial charge in [-0.15, -0.1) is 0 Å². The Hall–Kier alpha value is -1.63. The molecule has 206 valence electrons. The highest BCUT2D eigenvalue weighted by Gasteiger charge is 2.47. The fourth-order valence-corrected chi connectivity index (χ4v) is 7.23. The molecule has 7 nitrogen and oxygen atoms in total. The minimum atomic E-state index is -0.166. The molecule has 1 aromatic heterocycles. The van der Waals surface area contributed by atoms with Crippen molar-refractivity contribution in [2.24, 2.45) is 5.73 Å². The van der Waals surface area contributed by atoms with Gasteiger partial charge in [0.15, 0.2) is 0 Å². The summed E-state index contributed by atoms with van der Waals surface area (Å²) in [7, 11) is 0. The molecule has 0 radical (unpaired) electrons. The minimum Gasteiger partial charge on any atom is -0.349 e. The number of nitrogens with one attached hydrogen (secondary N) is 1. The zero-order valence-electron chi connectivity index (χ0n) is 25.3. The molecular formula is C29H55N7. The van der Waals surface area contributed by atoms with Crippen LogP contribution in [0, 0.1) is 0 Å². The van der Waals surface area contributed by atoms with Gasteiger partial charge in [0.2, 0.25) is 17.8 Å². The van der Waals surface area contributed by atoms with Gasteiger partial charge in [0.1, 0.15) is 0 Å². The zero-order chi connectivity index (χ0) is 27.2. The maximum Gasteiger partial charge on any atom is 0.232 e. The first-order valence-corrected chi connectivity index (χ1v) is 14.3. The number of hydrogen-bond donors (Lipinski definition) is 2. The second-order valence-corrected chi connectivity index (χ2v) is 14.7. The third-order valence-corrected chi connectivity index (χ3v) is 8.39. The highest BCUT2D eigenvalue weighted by atomic mass is 15.4. The van der Waals surface area contributed by atoms with Crippen LogP contribution in [0.3, 0.4) is 0 Å². The predicted molar refractivity (Wildman–Crippen MR) is 154 cm³/mol. The average Bonchev–Trinajstić information content (AvgIpc) is 2.63. The van der Waals surface area contributed by atoms with Crippen LogP contribution in [0.15, 0.2) is 0 Å². The van der Waals surface area contributed by atoms with Crippen LogP contribution >= 0.6 is 0 Å². The second-order valence-electron chi connectivity index (χ2n) is 14.7. The van der Waals surface area contributed by atoms with E-state index in [2.05, 4.69) is 91.3 Å². The van der Waals surface area contributed by atoms with Crippen LogP contribution in [-0.2, 0) is 0 Å². The molecule has 0 bridgehead atoms. The van der Waals surface area contributed by atoms with Crippen molar-refractivity contribution in [1.29, 1.82) is 0 Å². The fourth-order valence-electron chi connectivity index (χ4n) is 7.23. The van der Waals surface area contributed by atoms with Gasteiger partial charge in [0.25, 0.3) is 0 Å². The van der Waals surface area contributed by atoms with Crippen LogP contribution in [0.5, 0.6) is 0 Å². The quantitative estimate of drug-likeness (QED) is 0.385. The molecule has 3 heterocycles. The summed E-state index contributed by atoms with van der Waals surface area (Å²) in [6, 6.07) is 0.169. The number of rotatable bonds is 8. The maximum atomic E-state index is 6.51. The van der Waals surface area contributed by atoms with Crippen molar-refractivity contribution in [3.05, 3.63) is 0 Å². The highest BCUT2D eigenvalue weighted by Crippen LogP contribution is 2.44. The van der Waals surface area contributed by atoms with Gasteiger partial charge < -0.3 is 20.9 Å². The predicted octanol–water partition coefficient (Wildman–Crippen LogP) is 6.67. The molecule has 3 rings (SSSR count). The van der Waals surface area contributed by atoms with E-state index in [0.717, 1.165) is 44.0 Å². The lowest BCUT2D eigenvalue weighted by Crippen LogP contribution is -2.64. The van der Waals surface area contributed by atoms with Crippen LogP contribution in [-0.4, -0.2) is 48.7 Å². The number of nitrogens with two attached hydrogens (primary N) is 1. The van der Waals surface area contributed by atoms with Gasteiger partial charge >= 0.3 is 0 Å². The van der Waals surface area contributed by atoms with E-state index in [4.69, 9.17) is 20.7 Å². The topological polar surface area (TPSA) is 83.2 Å². The lowest BCUT2D eigenvalue weighted by molar-refractivity contribution is 0.215. The number of hydrogen-bond acceptors (Lipinski definition) is 7. The Kier molecular flexibility index (Phi) is 7.97. The molecular weight excluding hydrogens is 446 g/mol. The molecule has 0 spiro atoms. The van der Waals surface area contributed by atoms with Crippen LogP contribution in [0.25, 0.3) is 0 Å². The molecule has 0 amide bonds. The minimum absolute atomic E-state index is 0.0381. The van der Waals surface area contributed by atoms with E-state index in [1.807, 2.05) is 0 Å². The van der Waals surface area contributed by atoms with Gasteiger partial charge in [0.05, 0.1) is 0 Å². The Balaban J connectivity index is 2.14. The van der Waals surface area contributed by atoms with Gasteiger partial charge in [-0.1, -0.05) is 26.2 Å². The van der Waals surface area contributed by atoms with Crippen LogP contribution in [0.2, 0.25) is 0 Å². The standard InChI is InChI=1S/C29H55N7/c1-12-13-14-16-25(2,3)34-22-31-23(35-26(4,5)17-15-18-27(35,6)7)33-24(32-22)36-28(8,9)19-21(30)20-29(36,10)11/h21H,12-20,30H2,1-11H3,(H,31,32,33,34). The number of nitrogens with zero attached hydrogens (tertiary/aromatic N) is 5. The molecule has 0 aromatic carbocycles. The highest BCUT2D eigenvalue weighted by molar-refractivity contribution is 5.52. The molecule has 0 unspecified atom stereocenters. The molecule has 0 atom stereocenters. The fraction of sp³-hybridized carbons (Fsp3) is 0.897. The number of aromatic nitrogens is 3. The Labute approximate surface area is 221 Å². The Bertz CT molecular complexity index is 869. The largest absolute Gasteiger partial charge is 0.349 e. The maximum absolute atomic E-state index is 6.51. The Morgan fingerprint density at radius 1 is 0.806 bits per heavy atom.